The van der Waals surface area contributed by atoms with Gasteiger partial charge in [0.2, 0.25) is 5.91 Å². The molecular formula is C13H21N5O. The van der Waals surface area contributed by atoms with Crippen molar-refractivity contribution in [1.82, 2.24) is 25.2 Å². The molecule has 0 spiro atoms. The van der Waals surface area contributed by atoms with E-state index in [-0.39, 0.29) is 11.4 Å². The van der Waals surface area contributed by atoms with Crippen molar-refractivity contribution in [3.8, 4) is 0 Å². The third-order valence-electron chi connectivity index (χ3n) is 4.69. The molecule has 0 aliphatic carbocycles. The second-order valence-corrected chi connectivity index (χ2v) is 6.10. The largest absolute Gasteiger partial charge is 0.337 e. The fourth-order valence-corrected chi connectivity index (χ4v) is 3.54. The lowest BCUT2D eigenvalue weighted by Crippen LogP contribution is -2.47. The summed E-state index contributed by atoms with van der Waals surface area (Å²) in [6.07, 6.45) is 3.93. The molecule has 3 heterocycles. The lowest BCUT2D eigenvalue weighted by atomic mass is 9.85. The van der Waals surface area contributed by atoms with Gasteiger partial charge in [-0.05, 0) is 25.7 Å². The van der Waals surface area contributed by atoms with Gasteiger partial charge in [0, 0.05) is 37.8 Å². The normalized spacial score (nSPS) is 28.6. The summed E-state index contributed by atoms with van der Waals surface area (Å²) in [5, 5.41) is 11.1. The van der Waals surface area contributed by atoms with Gasteiger partial charge in [-0.1, -0.05) is 5.21 Å². The van der Waals surface area contributed by atoms with Crippen molar-refractivity contribution in [2.75, 3.05) is 19.6 Å². The molecule has 2 aliphatic rings. The number of likely N-dealkylation sites (tertiary alicyclic amines) is 1. The van der Waals surface area contributed by atoms with Crippen LogP contribution in [0.25, 0.3) is 0 Å². The average molecular weight is 263 g/mol. The highest BCUT2D eigenvalue weighted by molar-refractivity contribution is 5.77. The second-order valence-electron chi connectivity index (χ2n) is 6.10. The first-order chi connectivity index (χ1) is 9.09. The summed E-state index contributed by atoms with van der Waals surface area (Å²) in [5.74, 6) is 1.43. The summed E-state index contributed by atoms with van der Waals surface area (Å²) in [6, 6.07) is 0. The molecule has 19 heavy (non-hydrogen) atoms. The maximum absolute atomic E-state index is 12.4. The molecule has 1 aromatic rings. The molecule has 104 valence electrons. The van der Waals surface area contributed by atoms with Gasteiger partial charge in [-0.3, -0.25) is 9.48 Å². The van der Waals surface area contributed by atoms with E-state index in [1.807, 2.05) is 0 Å². The van der Waals surface area contributed by atoms with E-state index in [4.69, 9.17) is 0 Å². The van der Waals surface area contributed by atoms with E-state index in [0.717, 1.165) is 19.6 Å². The van der Waals surface area contributed by atoms with E-state index in [9.17, 15) is 4.79 Å². The molecule has 1 N–H and O–H groups in total. The Bertz CT molecular complexity index is 456. The number of fused-ring (bicyclic) bond motifs is 1. The molecular weight excluding hydrogens is 242 g/mol. The topological polar surface area (TPSA) is 63.1 Å². The fraction of sp³-hybridized carbons (Fsp3) is 0.769. The molecule has 1 amide bonds. The number of amides is 1. The quantitative estimate of drug-likeness (QED) is 0.841. The number of nitrogens with one attached hydrogen (secondary N) is 1. The Morgan fingerprint density at radius 1 is 1.47 bits per heavy atom. The number of carbonyl (C=O) groups is 1. The minimum Gasteiger partial charge on any atom is -0.337 e. The van der Waals surface area contributed by atoms with Gasteiger partial charge in [0.15, 0.2) is 0 Å². The Hall–Kier alpha value is -1.43. The van der Waals surface area contributed by atoms with Crippen molar-refractivity contribution in [1.29, 1.82) is 0 Å². The highest BCUT2D eigenvalue weighted by atomic mass is 16.2. The lowest BCUT2D eigenvalue weighted by molar-refractivity contribution is -0.135. The first kappa shape index (κ1) is 12.6. The van der Waals surface area contributed by atoms with Crippen LogP contribution in [0.15, 0.2) is 12.4 Å². The van der Waals surface area contributed by atoms with E-state index in [1.54, 1.807) is 17.1 Å². The standard InChI is InChI=1S/C13H21N5O/c1-13(2)11-8-14-7-10(11)9-18(13)12(19)3-5-17-6-4-15-16-17/h4,6,10-11,14H,3,5,7-9H2,1-2H3. The summed E-state index contributed by atoms with van der Waals surface area (Å²) in [4.78, 5) is 14.5. The van der Waals surface area contributed by atoms with Crippen LogP contribution in [-0.4, -0.2) is 51.0 Å². The minimum absolute atomic E-state index is 0.0341. The van der Waals surface area contributed by atoms with Crippen LogP contribution in [0.2, 0.25) is 0 Å². The SMILES string of the molecule is CC1(C)C2CNCC2CN1C(=O)CCn1ccnn1. The number of hydrogen-bond acceptors (Lipinski definition) is 4. The molecule has 2 aliphatic heterocycles. The molecule has 3 rings (SSSR count). The van der Waals surface area contributed by atoms with Crippen LogP contribution in [-0.2, 0) is 11.3 Å². The van der Waals surface area contributed by atoms with Crippen LogP contribution in [0.5, 0.6) is 0 Å². The van der Waals surface area contributed by atoms with E-state index in [0.29, 0.717) is 24.8 Å². The van der Waals surface area contributed by atoms with Gasteiger partial charge in [0.05, 0.1) is 12.7 Å². The zero-order valence-corrected chi connectivity index (χ0v) is 11.5. The maximum atomic E-state index is 12.4. The molecule has 2 saturated heterocycles. The van der Waals surface area contributed by atoms with Gasteiger partial charge in [-0.2, -0.15) is 0 Å². The summed E-state index contributed by atoms with van der Waals surface area (Å²) in [7, 11) is 0. The molecule has 6 heteroatoms. The van der Waals surface area contributed by atoms with Crippen molar-refractivity contribution in [2.45, 2.75) is 32.4 Å². The third-order valence-corrected chi connectivity index (χ3v) is 4.69. The van der Waals surface area contributed by atoms with Gasteiger partial charge < -0.3 is 10.2 Å². The number of nitrogens with zero attached hydrogens (tertiary/aromatic N) is 4. The van der Waals surface area contributed by atoms with Crippen LogP contribution in [0.1, 0.15) is 20.3 Å². The van der Waals surface area contributed by atoms with E-state index < -0.39 is 0 Å². The summed E-state index contributed by atoms with van der Waals surface area (Å²) < 4.78 is 1.71. The van der Waals surface area contributed by atoms with Crippen LogP contribution < -0.4 is 5.32 Å². The van der Waals surface area contributed by atoms with Gasteiger partial charge in [0.25, 0.3) is 0 Å². The Labute approximate surface area is 113 Å². The van der Waals surface area contributed by atoms with Crippen molar-refractivity contribution in [3.05, 3.63) is 12.4 Å². The number of rotatable bonds is 3. The Morgan fingerprint density at radius 3 is 3.00 bits per heavy atom. The van der Waals surface area contributed by atoms with E-state index in [2.05, 4.69) is 34.4 Å². The molecule has 2 fully saturated rings. The van der Waals surface area contributed by atoms with Gasteiger partial charge in [-0.15, -0.1) is 5.10 Å². The monoisotopic (exact) mass is 263 g/mol. The molecule has 0 radical (unpaired) electrons. The number of aryl methyl sites for hydroxylation is 1. The van der Waals surface area contributed by atoms with Gasteiger partial charge in [-0.25, -0.2) is 0 Å². The fourth-order valence-electron chi connectivity index (χ4n) is 3.54. The van der Waals surface area contributed by atoms with E-state index in [1.165, 1.54) is 0 Å². The number of carbonyl (C=O) groups excluding carboxylic acids is 1. The van der Waals surface area contributed by atoms with Gasteiger partial charge >= 0.3 is 0 Å². The Balaban J connectivity index is 1.64. The molecule has 0 saturated carbocycles. The third kappa shape index (κ3) is 2.14. The smallest absolute Gasteiger partial charge is 0.224 e. The zero-order chi connectivity index (χ0) is 13.5. The Kier molecular flexibility index (Phi) is 3.05. The van der Waals surface area contributed by atoms with Crippen LogP contribution in [0.3, 0.4) is 0 Å². The van der Waals surface area contributed by atoms with Crippen molar-refractivity contribution >= 4 is 5.91 Å². The predicted molar refractivity (Wildman–Crippen MR) is 70.3 cm³/mol. The summed E-state index contributed by atoms with van der Waals surface area (Å²) in [6.45, 7) is 7.96. The van der Waals surface area contributed by atoms with Crippen LogP contribution in [0.4, 0.5) is 0 Å². The molecule has 6 nitrogen and oxygen atoms in total. The minimum atomic E-state index is -0.0341. The van der Waals surface area contributed by atoms with E-state index >= 15 is 0 Å². The molecule has 0 aromatic carbocycles. The maximum Gasteiger partial charge on any atom is 0.224 e. The average Bonchev–Trinajstić information content (AvgIpc) is 3.06. The van der Waals surface area contributed by atoms with Crippen LogP contribution >= 0.6 is 0 Å². The number of hydrogen-bond donors (Lipinski definition) is 1. The molecule has 0 bridgehead atoms. The molecule has 2 atom stereocenters. The van der Waals surface area contributed by atoms with Crippen molar-refractivity contribution < 1.29 is 4.79 Å². The summed E-state index contributed by atoms with van der Waals surface area (Å²) >= 11 is 0. The Morgan fingerprint density at radius 2 is 2.32 bits per heavy atom. The van der Waals surface area contributed by atoms with Crippen LogP contribution in [0, 0.1) is 11.8 Å². The van der Waals surface area contributed by atoms with Crippen molar-refractivity contribution in [2.24, 2.45) is 11.8 Å². The summed E-state index contributed by atoms with van der Waals surface area (Å²) in [5.41, 5.74) is -0.0341. The molecule has 2 unspecified atom stereocenters. The van der Waals surface area contributed by atoms with Gasteiger partial charge in [0.1, 0.15) is 0 Å². The highest BCUT2D eigenvalue weighted by Crippen LogP contribution is 2.40. The zero-order valence-electron chi connectivity index (χ0n) is 11.5. The van der Waals surface area contributed by atoms with Crippen molar-refractivity contribution in [3.63, 3.8) is 0 Å². The first-order valence-electron chi connectivity index (χ1n) is 6.94. The molecule has 1 aromatic heterocycles. The first-order valence-corrected chi connectivity index (χ1v) is 6.94. The second kappa shape index (κ2) is 4.59. The highest BCUT2D eigenvalue weighted by Gasteiger charge is 2.50. The predicted octanol–water partition coefficient (Wildman–Crippen LogP) is 0.125. The lowest BCUT2D eigenvalue weighted by Gasteiger charge is -2.35. The number of aromatic nitrogens is 3.